The Morgan fingerprint density at radius 2 is 0.985 bits per heavy atom. The number of benzene rings is 8. The highest BCUT2D eigenvalue weighted by atomic mass is 16.3. The van der Waals surface area contributed by atoms with Crippen LogP contribution in [0.1, 0.15) is 0 Å². The van der Waals surface area contributed by atoms with Crippen molar-refractivity contribution < 1.29 is 8.83 Å². The number of para-hydroxylation sites is 2. The minimum absolute atomic E-state index is 0.525. The van der Waals surface area contributed by atoms with Gasteiger partial charge in [0.25, 0.3) is 0 Å². The maximum absolute atomic E-state index is 6.79. The highest BCUT2D eigenvalue weighted by Crippen LogP contribution is 2.42. The van der Waals surface area contributed by atoms with Gasteiger partial charge in [0.2, 0.25) is 5.89 Å². The fourth-order valence-corrected chi connectivity index (χ4v) is 9.05. The van der Waals surface area contributed by atoms with Crippen molar-refractivity contribution >= 4 is 54.8 Å². The van der Waals surface area contributed by atoms with Gasteiger partial charge >= 0.3 is 0 Å². The van der Waals surface area contributed by atoms with Gasteiger partial charge in [-0.15, -0.1) is 0 Å². The maximum atomic E-state index is 6.79. The standard InChI is InChI=1S/C58H33N5O2/c1-4-14-36(15-5-1)43-21-12-23-46-47-24-13-22-44(54(47)65-53(43)46)40-29-33-51-48(34-40)45-20-10-11-25-50(45)63(51)42-30-26-39(27-31-42)58-59-49-32-28-41(35-52(49)64-58)57-61-55(37-16-6-2-7-17-37)60-56(62-57)38-18-8-3-9-19-38/h1-10,12-24,26-35H. The number of fused-ring (bicyclic) bond motifs is 7. The largest absolute Gasteiger partial charge is 0.455 e. The molecule has 4 aromatic heterocycles. The molecule has 302 valence electrons. The summed E-state index contributed by atoms with van der Waals surface area (Å²) in [6, 6.07) is 74.7. The van der Waals surface area contributed by atoms with Crippen molar-refractivity contribution in [2.75, 3.05) is 0 Å². The molecule has 0 N–H and O–H groups in total. The Bertz CT molecular complexity index is 3870. The molecular weight excluding hydrogens is 799 g/mol. The average Bonchev–Trinajstić information content (AvgIpc) is 4.09. The molecule has 7 heteroatoms. The monoisotopic (exact) mass is 831 g/mol. The second kappa shape index (κ2) is 14.8. The van der Waals surface area contributed by atoms with Gasteiger partial charge in [-0.1, -0.05) is 140 Å². The van der Waals surface area contributed by atoms with Crippen LogP contribution in [-0.2, 0) is 0 Å². The predicted octanol–water partition coefficient (Wildman–Crippen LogP) is 14.6. The van der Waals surface area contributed by atoms with E-state index in [0.717, 1.165) is 99.5 Å². The summed E-state index contributed by atoms with van der Waals surface area (Å²) < 4.78 is 15.5. The smallest absolute Gasteiger partial charge is 0.227 e. The predicted molar refractivity (Wildman–Crippen MR) is 259 cm³/mol. The molecule has 0 radical (unpaired) electrons. The molecule has 0 aliphatic rings. The van der Waals surface area contributed by atoms with E-state index < -0.39 is 0 Å². The first-order valence-electron chi connectivity index (χ1n) is 21.5. The topological polar surface area (TPSA) is 82.8 Å². The van der Waals surface area contributed by atoms with Crippen LogP contribution < -0.4 is 0 Å². The molecule has 0 saturated carbocycles. The quantitative estimate of drug-likeness (QED) is 0.159. The van der Waals surface area contributed by atoms with Gasteiger partial charge in [0.15, 0.2) is 23.1 Å². The first-order chi connectivity index (χ1) is 32.2. The van der Waals surface area contributed by atoms with Gasteiger partial charge in [-0.05, 0) is 83.9 Å². The summed E-state index contributed by atoms with van der Waals surface area (Å²) in [4.78, 5) is 19.5. The number of nitrogens with zero attached hydrogens (tertiary/aromatic N) is 5. The molecule has 0 unspecified atom stereocenters. The van der Waals surface area contributed by atoms with Crippen LogP contribution >= 0.6 is 0 Å². The van der Waals surface area contributed by atoms with E-state index in [1.165, 1.54) is 0 Å². The minimum Gasteiger partial charge on any atom is -0.455 e. The lowest BCUT2D eigenvalue weighted by molar-refractivity contribution is 0.620. The van der Waals surface area contributed by atoms with Crippen molar-refractivity contribution in [1.82, 2.24) is 24.5 Å². The van der Waals surface area contributed by atoms with E-state index >= 15 is 0 Å². The zero-order chi connectivity index (χ0) is 42.8. The van der Waals surface area contributed by atoms with Crippen molar-refractivity contribution in [2.45, 2.75) is 0 Å². The summed E-state index contributed by atoms with van der Waals surface area (Å²) in [6.45, 7) is 0. The maximum Gasteiger partial charge on any atom is 0.227 e. The summed E-state index contributed by atoms with van der Waals surface area (Å²) in [5.41, 5.74) is 14.0. The number of furan rings is 1. The first-order valence-corrected chi connectivity index (χ1v) is 21.5. The lowest BCUT2D eigenvalue weighted by atomic mass is 9.99. The van der Waals surface area contributed by atoms with Gasteiger partial charge < -0.3 is 13.4 Å². The SMILES string of the molecule is c1ccc2c3cc(-c4cccc5c4oc4c(-c6ccccc6)cccc45)ccc3n(-c3ccc(-c4nc5ccc(-c6nc(-c7ccccc7)nc(-c7ccccc7)n6)cc5o4)cc3)c2c#1. The molecule has 7 nitrogen and oxygen atoms in total. The van der Waals surface area contributed by atoms with Crippen molar-refractivity contribution in [3.63, 3.8) is 0 Å². The van der Waals surface area contributed by atoms with Gasteiger partial charge in [0.05, 0.1) is 5.52 Å². The van der Waals surface area contributed by atoms with Gasteiger partial charge in [-0.2, -0.15) is 0 Å². The van der Waals surface area contributed by atoms with E-state index in [-0.39, 0.29) is 0 Å². The minimum atomic E-state index is 0.525. The molecule has 0 spiro atoms. The molecule has 0 amide bonds. The van der Waals surface area contributed by atoms with Crippen LogP contribution in [0.2, 0.25) is 0 Å². The molecule has 0 aliphatic carbocycles. The van der Waals surface area contributed by atoms with Gasteiger partial charge in [0, 0.05) is 60.6 Å². The molecule has 0 atom stereocenters. The Balaban J connectivity index is 0.854. The molecule has 65 heavy (non-hydrogen) atoms. The van der Waals surface area contributed by atoms with Crippen LogP contribution in [0.15, 0.2) is 209 Å². The Hall–Kier alpha value is -9.12. The second-order valence-corrected chi connectivity index (χ2v) is 16.1. The van der Waals surface area contributed by atoms with Crippen molar-refractivity contribution in [2.24, 2.45) is 0 Å². The first kappa shape index (κ1) is 36.5. The molecule has 9 aromatic carbocycles. The number of rotatable bonds is 7. The van der Waals surface area contributed by atoms with Crippen molar-refractivity contribution in [3.8, 4) is 73.6 Å². The zero-order valence-electron chi connectivity index (χ0n) is 34.6. The molecule has 13 aromatic rings. The van der Waals surface area contributed by atoms with Crippen molar-refractivity contribution in [1.29, 1.82) is 0 Å². The molecule has 0 fully saturated rings. The summed E-state index contributed by atoms with van der Waals surface area (Å²) >= 11 is 0. The number of aromatic nitrogens is 5. The van der Waals surface area contributed by atoms with E-state index in [1.54, 1.807) is 0 Å². The summed E-state index contributed by atoms with van der Waals surface area (Å²) in [6.07, 6.45) is 0. The van der Waals surface area contributed by atoms with Gasteiger partial charge in [-0.25, -0.2) is 19.9 Å². The highest BCUT2D eigenvalue weighted by molar-refractivity contribution is 6.15. The lowest BCUT2D eigenvalue weighted by Gasteiger charge is -2.08. The third-order valence-corrected chi connectivity index (χ3v) is 12.2. The highest BCUT2D eigenvalue weighted by Gasteiger charge is 2.19. The van der Waals surface area contributed by atoms with E-state index in [0.29, 0.717) is 28.9 Å². The van der Waals surface area contributed by atoms with Crippen LogP contribution in [0.4, 0.5) is 0 Å². The Labute approximate surface area is 372 Å². The van der Waals surface area contributed by atoms with E-state index in [2.05, 4.69) is 126 Å². The lowest BCUT2D eigenvalue weighted by Crippen LogP contribution is -2.00. The third-order valence-electron chi connectivity index (χ3n) is 12.2. The van der Waals surface area contributed by atoms with Crippen LogP contribution in [0.25, 0.3) is 128 Å². The molecular formula is C58H33N5O2. The Kier molecular flexibility index (Phi) is 8.30. The van der Waals surface area contributed by atoms with Crippen LogP contribution in [-0.4, -0.2) is 24.5 Å². The average molecular weight is 832 g/mol. The van der Waals surface area contributed by atoms with E-state index in [1.807, 2.05) is 91.0 Å². The fourth-order valence-electron chi connectivity index (χ4n) is 9.05. The zero-order valence-corrected chi connectivity index (χ0v) is 34.6. The number of oxazole rings is 1. The molecule has 0 aliphatic heterocycles. The molecule has 4 heterocycles. The molecule has 0 bridgehead atoms. The summed E-state index contributed by atoms with van der Waals surface area (Å²) in [5, 5.41) is 4.40. The molecule has 13 rings (SSSR count). The summed E-state index contributed by atoms with van der Waals surface area (Å²) in [7, 11) is 0. The van der Waals surface area contributed by atoms with Crippen LogP contribution in [0, 0.1) is 12.1 Å². The molecule has 0 saturated heterocycles. The number of hydrogen-bond donors (Lipinski definition) is 0. The van der Waals surface area contributed by atoms with Crippen LogP contribution in [0.5, 0.6) is 0 Å². The third kappa shape index (κ3) is 6.16. The Morgan fingerprint density at radius 3 is 1.65 bits per heavy atom. The fraction of sp³-hybridized carbons (Fsp3) is 0. The second-order valence-electron chi connectivity index (χ2n) is 16.1. The van der Waals surface area contributed by atoms with E-state index in [9.17, 15) is 0 Å². The van der Waals surface area contributed by atoms with E-state index in [4.69, 9.17) is 28.8 Å². The summed E-state index contributed by atoms with van der Waals surface area (Å²) in [5.74, 6) is 2.28. The number of hydrogen-bond acceptors (Lipinski definition) is 6. The van der Waals surface area contributed by atoms with Crippen molar-refractivity contribution in [3.05, 3.63) is 212 Å². The Morgan fingerprint density at radius 1 is 0.400 bits per heavy atom. The van der Waals surface area contributed by atoms with Gasteiger partial charge in [0.1, 0.15) is 22.2 Å². The van der Waals surface area contributed by atoms with Gasteiger partial charge in [-0.3, -0.25) is 0 Å². The van der Waals surface area contributed by atoms with Crippen LogP contribution in [0.3, 0.4) is 0 Å². The normalized spacial score (nSPS) is 11.6.